The summed E-state index contributed by atoms with van der Waals surface area (Å²) in [6.07, 6.45) is 5.66. The Morgan fingerprint density at radius 1 is 0.508 bits per heavy atom. The molecule has 0 atom stereocenters. The van der Waals surface area contributed by atoms with Gasteiger partial charge in [0.2, 0.25) is 5.95 Å². The van der Waals surface area contributed by atoms with E-state index < -0.39 is 23.7 Å². The summed E-state index contributed by atoms with van der Waals surface area (Å²) in [6.45, 7) is 7.40. The molecule has 0 aliphatic rings. The Morgan fingerprint density at radius 3 is 1.06 bits per heavy atom. The third-order valence-electron chi connectivity index (χ3n) is 8.45. The number of aryl methyl sites for hydroxylation is 1. The molecule has 0 amide bonds. The zero-order chi connectivity index (χ0) is 46.3. The second-order valence-corrected chi connectivity index (χ2v) is 20.2. The van der Waals surface area contributed by atoms with Crippen molar-refractivity contribution in [2.75, 3.05) is 6.26 Å². The van der Waals surface area contributed by atoms with Crippen LogP contribution in [0.1, 0.15) is 6.92 Å². The summed E-state index contributed by atoms with van der Waals surface area (Å²) in [5, 5.41) is 16.8. The van der Waals surface area contributed by atoms with Gasteiger partial charge in [-0.2, -0.15) is 0 Å². The van der Waals surface area contributed by atoms with E-state index in [9.17, 15) is 25.2 Å². The van der Waals surface area contributed by atoms with Crippen molar-refractivity contribution in [2.45, 2.75) is 18.4 Å². The van der Waals surface area contributed by atoms with Gasteiger partial charge < -0.3 is 4.57 Å². The van der Waals surface area contributed by atoms with E-state index in [4.69, 9.17) is 4.65 Å². The minimum atomic E-state index is -10.7. The topological polar surface area (TPSA) is 62.4 Å². The van der Waals surface area contributed by atoms with E-state index in [1.165, 1.54) is 31.8 Å². The summed E-state index contributed by atoms with van der Waals surface area (Å²) in [5.74, 6) is 0.642. The van der Waals surface area contributed by atoms with Crippen LogP contribution in [0.5, 0.6) is 0 Å². The Bertz CT molecular complexity index is 2290. The third-order valence-corrected chi connectivity index (χ3v) is 14.1. The molecule has 338 valence electrons. The molecular weight excluding hydrogens is 1000 g/mol. The Morgan fingerprint density at radius 2 is 0.785 bits per heavy atom. The number of thioether (sulfide) groups is 1. The second-order valence-electron chi connectivity index (χ2n) is 13.0. The number of aromatic nitrogens is 2. The van der Waals surface area contributed by atoms with Crippen molar-refractivity contribution < 1.29 is 49.3 Å². The number of benzene rings is 7. The number of hydrogen-bond acceptors (Lipinski definition) is 4. The van der Waals surface area contributed by atoms with Gasteiger partial charge >= 0.3 is 63.8 Å². The molecule has 5 nitrogen and oxygen atoms in total. The molecule has 1 heterocycles. The van der Waals surface area contributed by atoms with Gasteiger partial charge in [-0.05, 0) is 73.0 Å². The molecule has 0 bridgehead atoms. The molecular formula is C49H45F6N4OP3RuS. The molecule has 0 aliphatic carbocycles. The quantitative estimate of drug-likeness (QED) is 0.0261. The number of azo groups is 1. The first kappa shape index (κ1) is 54.3. The van der Waals surface area contributed by atoms with E-state index in [1.807, 2.05) is 41.3 Å². The van der Waals surface area contributed by atoms with Crippen LogP contribution in [0.4, 0.5) is 36.8 Å². The molecule has 0 unspecified atom stereocenters. The number of rotatable bonds is 10. The minimum absolute atomic E-state index is 0. The molecule has 0 spiro atoms. The Kier molecular flexibility index (Phi) is 21.9. The van der Waals surface area contributed by atoms with E-state index in [0.717, 1.165) is 17.1 Å². The first-order valence-corrected chi connectivity index (χ1v) is 25.4. The maximum Gasteiger partial charge on any atom is -0.0134 e. The Labute approximate surface area is 395 Å². The van der Waals surface area contributed by atoms with Gasteiger partial charge in [-0.15, -0.1) is 22.0 Å². The maximum atomic E-state index is 9.87. The predicted molar refractivity (Wildman–Crippen MR) is 259 cm³/mol. The van der Waals surface area contributed by atoms with Gasteiger partial charge in [-0.3, -0.25) is 0 Å². The SMILES string of the molecule is CCn1ccnc1N=Nc1ccccc1SC.F[P-](F)(F)(F)(F)F.[C-]#[O+].[RuH+].c1ccc(P(c2ccccc2)c2ccccc2)cc1.c1ccc(P(c2ccccc2)c2ccccc2)cc1. The van der Waals surface area contributed by atoms with Crippen LogP contribution in [0.25, 0.3) is 0 Å². The van der Waals surface area contributed by atoms with Crippen LogP contribution in [0.2, 0.25) is 0 Å². The molecule has 16 heteroatoms. The largest absolute Gasteiger partial charge is 0.0622 e. The summed E-state index contributed by atoms with van der Waals surface area (Å²) in [4.78, 5) is 5.27. The smallest absolute Gasteiger partial charge is 0.0134 e. The van der Waals surface area contributed by atoms with Crippen molar-refractivity contribution in [3.8, 4) is 0 Å². The van der Waals surface area contributed by atoms with Crippen molar-refractivity contribution >= 4 is 78.9 Å². The predicted octanol–water partition coefficient (Wildman–Crippen LogP) is 14.0. The molecule has 8 rings (SSSR count). The van der Waals surface area contributed by atoms with Crippen LogP contribution in [0.3, 0.4) is 0 Å². The van der Waals surface area contributed by atoms with Gasteiger partial charge in [0.05, 0.1) is 5.69 Å². The molecule has 0 N–H and O–H groups in total. The number of nitrogens with zero attached hydrogens (tertiary/aromatic N) is 4. The molecule has 8 aromatic rings. The van der Waals surface area contributed by atoms with E-state index >= 15 is 0 Å². The monoisotopic (exact) mass is 1050 g/mol. The first-order chi connectivity index (χ1) is 30.7. The normalized spacial score (nSPS) is 11.6. The van der Waals surface area contributed by atoms with Gasteiger partial charge in [-0.25, -0.2) is 4.98 Å². The van der Waals surface area contributed by atoms with E-state index in [2.05, 4.69) is 211 Å². The van der Waals surface area contributed by atoms with Crippen LogP contribution >= 0.6 is 35.4 Å². The van der Waals surface area contributed by atoms with Crippen LogP contribution in [-0.2, 0) is 30.7 Å². The van der Waals surface area contributed by atoms with E-state index in [0.29, 0.717) is 5.95 Å². The van der Waals surface area contributed by atoms with Crippen LogP contribution in [-0.4, -0.2) is 15.8 Å². The fraction of sp³-hybridized carbons (Fsp3) is 0.0612. The molecule has 1 aromatic heterocycles. The first-order valence-electron chi connectivity index (χ1n) is 19.4. The van der Waals surface area contributed by atoms with Gasteiger partial charge in [0.25, 0.3) is 0 Å². The standard InChI is InChI=1S/2C18H15P.C12H14N4S.CO.F6P.Ru.H/c2*1-4-10-16(11-5-1)19(17-12-6-2-7-13-17)18-14-8-3-9-15-18;1-3-16-9-8-13-12(16)15-14-10-6-4-5-7-11(10)17-2;1-2;1-7(2,3,4,5)6;;/h2*1-15H;4-9H,3H2,1-2H3;;;;/q;;;;-1;+1;. The molecule has 0 fully saturated rings. The average molecular weight is 1050 g/mol. The van der Waals surface area contributed by atoms with Gasteiger partial charge in [0, 0.05) is 23.8 Å². The summed E-state index contributed by atoms with van der Waals surface area (Å²) in [7, 11) is -11.5. The summed E-state index contributed by atoms with van der Waals surface area (Å²) >= 11 is 1.66. The Balaban J connectivity index is 0.000000236. The van der Waals surface area contributed by atoms with Crippen LogP contribution < -0.4 is 31.8 Å². The fourth-order valence-electron chi connectivity index (χ4n) is 5.82. The van der Waals surface area contributed by atoms with Crippen molar-refractivity contribution in [2.24, 2.45) is 10.2 Å². The molecule has 0 saturated heterocycles. The van der Waals surface area contributed by atoms with Gasteiger partial charge in [-0.1, -0.05) is 194 Å². The molecule has 7 aromatic carbocycles. The second kappa shape index (κ2) is 26.2. The van der Waals surface area contributed by atoms with Crippen molar-refractivity contribution in [3.05, 3.63) is 225 Å². The Hall–Kier alpha value is -5.07. The number of imidazole rings is 1. The van der Waals surface area contributed by atoms with Crippen molar-refractivity contribution in [1.29, 1.82) is 0 Å². The maximum absolute atomic E-state index is 10.7. The van der Waals surface area contributed by atoms with Crippen LogP contribution in [0.15, 0.2) is 234 Å². The average Bonchev–Trinajstić information content (AvgIpc) is 3.79. The van der Waals surface area contributed by atoms with E-state index in [-0.39, 0.29) is 19.5 Å². The molecule has 1 radical (unpaired) electrons. The summed E-state index contributed by atoms with van der Waals surface area (Å²) in [6, 6.07) is 72.6. The number of halogens is 6. The van der Waals surface area contributed by atoms with Crippen molar-refractivity contribution in [3.63, 3.8) is 0 Å². The summed E-state index contributed by atoms with van der Waals surface area (Å²) < 4.78 is 68.6. The van der Waals surface area contributed by atoms with Gasteiger partial charge in [0.15, 0.2) is 0 Å². The van der Waals surface area contributed by atoms with Crippen molar-refractivity contribution in [1.82, 2.24) is 9.55 Å². The molecule has 0 aliphatic heterocycles. The zero-order valence-electron chi connectivity index (χ0n) is 35.1. The van der Waals surface area contributed by atoms with E-state index in [1.54, 1.807) is 18.0 Å². The van der Waals surface area contributed by atoms with Gasteiger partial charge in [0.1, 0.15) is 0 Å². The fourth-order valence-corrected chi connectivity index (χ4v) is 11.0. The summed E-state index contributed by atoms with van der Waals surface area (Å²) in [5.41, 5.74) is 0.880. The molecule has 0 saturated carbocycles. The molecule has 65 heavy (non-hydrogen) atoms. The number of hydrogen-bond donors (Lipinski definition) is 0. The zero-order valence-corrected chi connectivity index (χ0v) is 40.4. The minimum Gasteiger partial charge on any atom is -0.0622 e. The van der Waals surface area contributed by atoms with Crippen LogP contribution in [0, 0.1) is 6.65 Å². The third kappa shape index (κ3) is 20.3.